The van der Waals surface area contributed by atoms with Gasteiger partial charge >= 0.3 is 0 Å². The van der Waals surface area contributed by atoms with E-state index < -0.39 is 0 Å². The van der Waals surface area contributed by atoms with E-state index in [9.17, 15) is 0 Å². The lowest BCUT2D eigenvalue weighted by atomic mass is 10.1. The molecule has 0 aliphatic rings. The molecule has 0 aliphatic carbocycles. The van der Waals surface area contributed by atoms with Crippen molar-refractivity contribution in [1.29, 1.82) is 0 Å². The molecular formula is C44H28N6. The molecule has 50 heavy (non-hydrogen) atoms. The van der Waals surface area contributed by atoms with Gasteiger partial charge in [-0.2, -0.15) is 0 Å². The lowest BCUT2D eigenvalue weighted by molar-refractivity contribution is 1.07. The summed E-state index contributed by atoms with van der Waals surface area (Å²) in [6.07, 6.45) is 1.87. The monoisotopic (exact) mass is 640 g/mol. The molecule has 0 radical (unpaired) electrons. The maximum atomic E-state index is 4.94. The van der Waals surface area contributed by atoms with Gasteiger partial charge in [0.15, 0.2) is 17.5 Å². The first-order valence-electron chi connectivity index (χ1n) is 16.7. The molecular weight excluding hydrogens is 613 g/mol. The van der Waals surface area contributed by atoms with Gasteiger partial charge in [0.25, 0.3) is 0 Å². The first-order chi connectivity index (χ1) is 24.8. The predicted octanol–water partition coefficient (Wildman–Crippen LogP) is 10.5. The van der Waals surface area contributed by atoms with Crippen LogP contribution in [0.15, 0.2) is 170 Å². The molecule has 6 heteroatoms. The maximum absolute atomic E-state index is 4.94. The largest absolute Gasteiger partial charge is 0.309 e. The van der Waals surface area contributed by atoms with Gasteiger partial charge in [-0.25, -0.2) is 19.9 Å². The molecule has 0 fully saturated rings. The third kappa shape index (κ3) is 4.50. The first-order valence-corrected chi connectivity index (χ1v) is 16.7. The highest BCUT2D eigenvalue weighted by atomic mass is 15.1. The van der Waals surface area contributed by atoms with Crippen LogP contribution in [0.3, 0.4) is 0 Å². The van der Waals surface area contributed by atoms with E-state index in [4.69, 9.17) is 19.9 Å². The van der Waals surface area contributed by atoms with Crippen LogP contribution >= 0.6 is 0 Å². The molecule has 234 valence electrons. The van der Waals surface area contributed by atoms with E-state index in [1.165, 1.54) is 21.8 Å². The second-order valence-electron chi connectivity index (χ2n) is 12.4. The highest BCUT2D eigenvalue weighted by molar-refractivity contribution is 6.18. The first kappa shape index (κ1) is 28.1. The Balaban J connectivity index is 1.16. The standard InChI is InChI=1S/C44H28N6/c1-4-13-29(14-5-1)41-46-42(30-15-6-2-7-16-30)48-43(47-41)31-22-24-33(25-23-31)50-40-27-36-34-19-10-11-21-38(34)49(32-17-8-3-9-18-32)39(36)28-37(40)35-20-12-26-45-44(35)50/h1-28H. The summed E-state index contributed by atoms with van der Waals surface area (Å²) >= 11 is 0. The Morgan fingerprint density at radius 3 is 1.46 bits per heavy atom. The maximum Gasteiger partial charge on any atom is 0.164 e. The Hall–Kier alpha value is -6.92. The number of pyridine rings is 1. The van der Waals surface area contributed by atoms with Gasteiger partial charge in [0.2, 0.25) is 0 Å². The number of hydrogen-bond acceptors (Lipinski definition) is 4. The van der Waals surface area contributed by atoms with Gasteiger partial charge < -0.3 is 4.57 Å². The van der Waals surface area contributed by atoms with Gasteiger partial charge in [0, 0.05) is 55.8 Å². The third-order valence-electron chi connectivity index (χ3n) is 9.42. The van der Waals surface area contributed by atoms with Crippen molar-refractivity contribution in [3.05, 3.63) is 170 Å². The van der Waals surface area contributed by atoms with Crippen LogP contribution < -0.4 is 0 Å². The summed E-state index contributed by atoms with van der Waals surface area (Å²) in [7, 11) is 0. The molecule has 0 spiro atoms. The molecule has 0 bridgehead atoms. The van der Waals surface area contributed by atoms with Crippen molar-refractivity contribution < 1.29 is 0 Å². The summed E-state index contributed by atoms with van der Waals surface area (Å²) in [4.78, 5) is 19.6. The molecule has 0 N–H and O–H groups in total. The van der Waals surface area contributed by atoms with E-state index in [1.807, 2.05) is 72.9 Å². The second kappa shape index (κ2) is 11.4. The average molecular weight is 641 g/mol. The SMILES string of the molecule is c1ccc(-c2nc(-c3ccccc3)nc(-c3ccc(-n4c5cc6c7ccccc7n(-c7ccccc7)c6cc5c5cccnc54)cc3)n2)cc1. The van der Waals surface area contributed by atoms with Crippen molar-refractivity contribution in [2.45, 2.75) is 0 Å². The number of fused-ring (bicyclic) bond motifs is 6. The lowest BCUT2D eigenvalue weighted by Gasteiger charge is -2.11. The Morgan fingerprint density at radius 2 is 0.820 bits per heavy atom. The van der Waals surface area contributed by atoms with Crippen molar-refractivity contribution in [2.24, 2.45) is 0 Å². The molecule has 0 atom stereocenters. The Morgan fingerprint density at radius 1 is 0.340 bits per heavy atom. The van der Waals surface area contributed by atoms with Crippen LogP contribution in [0.1, 0.15) is 0 Å². The van der Waals surface area contributed by atoms with Crippen molar-refractivity contribution >= 4 is 43.7 Å². The molecule has 0 saturated heterocycles. The highest BCUT2D eigenvalue weighted by Gasteiger charge is 2.19. The van der Waals surface area contributed by atoms with Crippen LogP contribution in [0.5, 0.6) is 0 Å². The molecule has 0 amide bonds. The van der Waals surface area contributed by atoms with E-state index in [0.717, 1.165) is 50.0 Å². The summed E-state index contributed by atoms with van der Waals surface area (Å²) in [6, 6.07) is 56.6. The van der Waals surface area contributed by atoms with Crippen LogP contribution in [0.2, 0.25) is 0 Å². The van der Waals surface area contributed by atoms with Crippen molar-refractivity contribution in [3.63, 3.8) is 0 Å². The molecule has 6 nitrogen and oxygen atoms in total. The van der Waals surface area contributed by atoms with Crippen LogP contribution in [0.4, 0.5) is 0 Å². The van der Waals surface area contributed by atoms with Gasteiger partial charge in [0.1, 0.15) is 5.65 Å². The number of nitrogens with zero attached hydrogens (tertiary/aromatic N) is 6. The molecule has 10 aromatic rings. The summed E-state index contributed by atoms with van der Waals surface area (Å²) in [6.45, 7) is 0. The molecule has 4 heterocycles. The number of para-hydroxylation sites is 2. The molecule has 10 rings (SSSR count). The Kier molecular flexibility index (Phi) is 6.39. The van der Waals surface area contributed by atoms with Crippen molar-refractivity contribution in [3.8, 4) is 45.5 Å². The van der Waals surface area contributed by atoms with Crippen molar-refractivity contribution in [2.75, 3.05) is 0 Å². The zero-order chi connectivity index (χ0) is 33.0. The third-order valence-corrected chi connectivity index (χ3v) is 9.42. The summed E-state index contributed by atoms with van der Waals surface area (Å²) in [5.41, 5.74) is 9.32. The fraction of sp³-hybridized carbons (Fsp3) is 0. The van der Waals surface area contributed by atoms with Crippen molar-refractivity contribution in [1.82, 2.24) is 29.1 Å². The van der Waals surface area contributed by atoms with E-state index in [-0.39, 0.29) is 0 Å². The number of benzene rings is 6. The smallest absolute Gasteiger partial charge is 0.164 e. The summed E-state index contributed by atoms with van der Waals surface area (Å²) < 4.78 is 4.63. The summed E-state index contributed by atoms with van der Waals surface area (Å²) in [5, 5.41) is 4.68. The van der Waals surface area contributed by atoms with Crippen LogP contribution in [0, 0.1) is 0 Å². The van der Waals surface area contributed by atoms with Gasteiger partial charge in [0.05, 0.1) is 16.6 Å². The summed E-state index contributed by atoms with van der Waals surface area (Å²) in [5.74, 6) is 1.91. The minimum atomic E-state index is 0.625. The van der Waals surface area contributed by atoms with Gasteiger partial charge in [-0.05, 0) is 66.7 Å². The quantitative estimate of drug-likeness (QED) is 0.188. The van der Waals surface area contributed by atoms with Gasteiger partial charge in [-0.1, -0.05) is 97.1 Å². The molecule has 6 aromatic carbocycles. The second-order valence-corrected chi connectivity index (χ2v) is 12.4. The van der Waals surface area contributed by atoms with Gasteiger partial charge in [-0.15, -0.1) is 0 Å². The molecule has 0 unspecified atom stereocenters. The zero-order valence-corrected chi connectivity index (χ0v) is 26.8. The minimum absolute atomic E-state index is 0.625. The average Bonchev–Trinajstić information content (AvgIpc) is 3.70. The van der Waals surface area contributed by atoms with E-state index >= 15 is 0 Å². The highest BCUT2D eigenvalue weighted by Crippen LogP contribution is 2.39. The van der Waals surface area contributed by atoms with Crippen LogP contribution in [-0.4, -0.2) is 29.1 Å². The fourth-order valence-electron chi connectivity index (χ4n) is 7.12. The normalized spacial score (nSPS) is 11.6. The number of aromatic nitrogens is 6. The number of hydrogen-bond donors (Lipinski definition) is 0. The predicted molar refractivity (Wildman–Crippen MR) is 203 cm³/mol. The molecule has 0 saturated carbocycles. The minimum Gasteiger partial charge on any atom is -0.309 e. The number of rotatable bonds is 5. The topological polar surface area (TPSA) is 61.4 Å². The fourth-order valence-corrected chi connectivity index (χ4v) is 7.12. The molecule has 0 aliphatic heterocycles. The molecule has 4 aromatic heterocycles. The Bertz CT molecular complexity index is 2780. The van der Waals surface area contributed by atoms with Gasteiger partial charge in [-0.3, -0.25) is 4.57 Å². The van der Waals surface area contributed by atoms with Crippen LogP contribution in [0.25, 0.3) is 89.3 Å². The van der Waals surface area contributed by atoms with E-state index in [1.54, 1.807) is 0 Å². The van der Waals surface area contributed by atoms with E-state index in [0.29, 0.717) is 17.5 Å². The Labute approximate surface area is 287 Å². The van der Waals surface area contributed by atoms with E-state index in [2.05, 4.69) is 106 Å². The lowest BCUT2D eigenvalue weighted by Crippen LogP contribution is -2.00. The van der Waals surface area contributed by atoms with Crippen LogP contribution in [-0.2, 0) is 0 Å². The zero-order valence-electron chi connectivity index (χ0n) is 26.8.